The van der Waals surface area contributed by atoms with Crippen LogP contribution in [0.1, 0.15) is 55.4 Å². The molecule has 0 aromatic carbocycles. The highest BCUT2D eigenvalue weighted by Crippen LogP contribution is 2.03. The van der Waals surface area contributed by atoms with E-state index in [4.69, 9.17) is 0 Å². The maximum atomic E-state index is 3.77. The lowest BCUT2D eigenvalue weighted by molar-refractivity contribution is -0.527. The molecule has 0 aromatic rings. The Bertz CT molecular complexity index is 341. The van der Waals surface area contributed by atoms with Crippen molar-refractivity contribution < 1.29 is 4.58 Å². The van der Waals surface area contributed by atoms with Crippen molar-refractivity contribution in [1.29, 1.82) is 0 Å². The topological polar surface area (TPSA) is 36.8 Å². The molecule has 0 aliphatic rings. The third kappa shape index (κ3) is 7.80. The molecule has 156 valence electrons. The highest BCUT2D eigenvalue weighted by atomic mass is 15.4. The maximum Gasteiger partial charge on any atom is 0.348 e. The van der Waals surface area contributed by atoms with E-state index in [1.165, 1.54) is 5.96 Å². The van der Waals surface area contributed by atoms with E-state index in [-0.39, 0.29) is 0 Å². The van der Waals surface area contributed by atoms with Gasteiger partial charge in [0.25, 0.3) is 0 Å². The monoisotopic (exact) mass is 371 g/mol. The first-order chi connectivity index (χ1) is 12.6. The van der Waals surface area contributed by atoms with Gasteiger partial charge in [-0.15, -0.1) is 0 Å². The van der Waals surface area contributed by atoms with Gasteiger partial charge < -0.3 is 0 Å². The van der Waals surface area contributed by atoms with Gasteiger partial charge in [0.05, 0.1) is 32.7 Å². The molecule has 6 heteroatoms. The summed E-state index contributed by atoms with van der Waals surface area (Å²) in [5, 5.41) is 7.47. The van der Waals surface area contributed by atoms with E-state index in [0.717, 1.165) is 65.4 Å². The molecule has 0 rings (SSSR count). The fourth-order valence-corrected chi connectivity index (χ4v) is 3.47. The summed E-state index contributed by atoms with van der Waals surface area (Å²) >= 11 is 0. The third-order valence-corrected chi connectivity index (χ3v) is 5.18. The lowest BCUT2D eigenvalue weighted by atomic mass is 10.4. The molecule has 6 nitrogen and oxygen atoms in total. The Hall–Kier alpha value is -0.850. The summed E-state index contributed by atoms with van der Waals surface area (Å²) in [5.74, 6) is 1.27. The Morgan fingerprint density at radius 3 is 1.50 bits per heavy atom. The van der Waals surface area contributed by atoms with Gasteiger partial charge in [-0.1, -0.05) is 27.7 Å². The zero-order chi connectivity index (χ0) is 19.9. The molecule has 0 saturated heterocycles. The zero-order valence-corrected chi connectivity index (χ0v) is 18.9. The van der Waals surface area contributed by atoms with Crippen molar-refractivity contribution in [2.45, 2.75) is 61.7 Å². The predicted octanol–water partition coefficient (Wildman–Crippen LogP) is 1.88. The molecule has 0 amide bonds. The number of hydrogen-bond acceptors (Lipinski definition) is 3. The van der Waals surface area contributed by atoms with E-state index >= 15 is 0 Å². The molecule has 0 unspecified atom stereocenters. The van der Waals surface area contributed by atoms with E-state index in [0.29, 0.717) is 6.29 Å². The second kappa shape index (κ2) is 15.2. The van der Waals surface area contributed by atoms with Crippen molar-refractivity contribution in [1.82, 2.24) is 25.3 Å². The summed E-state index contributed by atoms with van der Waals surface area (Å²) in [5.41, 5.74) is 0. The van der Waals surface area contributed by atoms with Gasteiger partial charge in [0.15, 0.2) is 0 Å². The average Bonchev–Trinajstić information content (AvgIpc) is 2.67. The van der Waals surface area contributed by atoms with Crippen molar-refractivity contribution >= 4 is 5.96 Å². The Morgan fingerprint density at radius 1 is 0.692 bits per heavy atom. The molecule has 0 saturated carbocycles. The Balaban J connectivity index is 4.93. The number of guanidine groups is 1. The molecule has 2 N–H and O–H groups in total. The highest BCUT2D eigenvalue weighted by molar-refractivity contribution is 5.75. The fraction of sp³-hybridized carbons (Fsp3) is 0.950. The van der Waals surface area contributed by atoms with Crippen molar-refractivity contribution in [3.63, 3.8) is 0 Å². The molecule has 0 aliphatic heterocycles. The van der Waals surface area contributed by atoms with Crippen LogP contribution in [0.2, 0.25) is 0 Å². The van der Waals surface area contributed by atoms with E-state index in [9.17, 15) is 0 Å². The minimum absolute atomic E-state index is 0.312. The van der Waals surface area contributed by atoms with Gasteiger partial charge in [-0.3, -0.25) is 29.9 Å². The molecular formula is C20H47N6+. The first kappa shape index (κ1) is 25.1. The molecule has 26 heavy (non-hydrogen) atoms. The largest absolute Gasteiger partial charge is 0.348 e. The number of hydrogen-bond donors (Lipinski definition) is 2. The summed E-state index contributed by atoms with van der Waals surface area (Å²) in [6, 6.07) is 0. The van der Waals surface area contributed by atoms with E-state index in [1.54, 1.807) is 0 Å². The molecule has 0 aromatic heterocycles. The van der Waals surface area contributed by atoms with Gasteiger partial charge in [-0.05, 0) is 53.9 Å². The van der Waals surface area contributed by atoms with Crippen LogP contribution in [0.25, 0.3) is 0 Å². The molecule has 0 radical (unpaired) electrons. The molecule has 0 bridgehead atoms. The number of nitrogens with one attached hydrogen (secondary N) is 2. The van der Waals surface area contributed by atoms with Crippen molar-refractivity contribution in [2.75, 3.05) is 65.4 Å². The zero-order valence-electron chi connectivity index (χ0n) is 18.9. The van der Waals surface area contributed by atoms with Crippen LogP contribution < -0.4 is 10.6 Å². The Kier molecular flexibility index (Phi) is 14.7. The summed E-state index contributed by atoms with van der Waals surface area (Å²) in [4.78, 5) is 7.40. The van der Waals surface area contributed by atoms with E-state index in [1.807, 2.05) is 0 Å². The standard InChI is InChI=1S/C20H46N6/c1-9-23(10-2)19(24(11-3)12-4)21-17-18-22-20(25(13-5)14-6)26(15-7)16-8/h19,21H,9-18H2,1-8H3/p+1. The van der Waals surface area contributed by atoms with Crippen LogP contribution in [0.3, 0.4) is 0 Å². The highest BCUT2D eigenvalue weighted by Gasteiger charge is 2.22. The Morgan fingerprint density at radius 2 is 1.15 bits per heavy atom. The lowest BCUT2D eigenvalue weighted by Gasteiger charge is -2.38. The van der Waals surface area contributed by atoms with Gasteiger partial charge in [-0.2, -0.15) is 0 Å². The smallest absolute Gasteiger partial charge is 0.286 e. The van der Waals surface area contributed by atoms with Crippen LogP contribution in [-0.4, -0.2) is 97.0 Å². The van der Waals surface area contributed by atoms with Gasteiger partial charge in [0.1, 0.15) is 6.29 Å². The summed E-state index contributed by atoms with van der Waals surface area (Å²) in [7, 11) is 0. The van der Waals surface area contributed by atoms with Crippen molar-refractivity contribution in [3.05, 3.63) is 0 Å². The average molecular weight is 372 g/mol. The van der Waals surface area contributed by atoms with Crippen LogP contribution >= 0.6 is 0 Å². The second-order valence-electron chi connectivity index (χ2n) is 6.37. The van der Waals surface area contributed by atoms with Crippen LogP contribution in [0, 0.1) is 0 Å². The summed E-state index contributed by atoms with van der Waals surface area (Å²) in [6.07, 6.45) is 0.312. The normalized spacial score (nSPS) is 11.5. The predicted molar refractivity (Wildman–Crippen MR) is 115 cm³/mol. The minimum Gasteiger partial charge on any atom is -0.286 e. The molecule has 0 fully saturated rings. The van der Waals surface area contributed by atoms with Gasteiger partial charge in [0.2, 0.25) is 0 Å². The molecule has 0 heterocycles. The van der Waals surface area contributed by atoms with Crippen LogP contribution in [0.4, 0.5) is 0 Å². The molecule has 0 aliphatic carbocycles. The summed E-state index contributed by atoms with van der Waals surface area (Å²) < 4.78 is 2.42. The Labute approximate surface area is 163 Å². The second-order valence-corrected chi connectivity index (χ2v) is 6.37. The number of nitrogens with zero attached hydrogens (tertiary/aromatic N) is 4. The maximum absolute atomic E-state index is 3.77. The van der Waals surface area contributed by atoms with Crippen molar-refractivity contribution in [2.24, 2.45) is 0 Å². The van der Waals surface area contributed by atoms with Gasteiger partial charge in [0, 0.05) is 6.54 Å². The van der Waals surface area contributed by atoms with Crippen LogP contribution in [0.15, 0.2) is 0 Å². The third-order valence-electron chi connectivity index (χ3n) is 5.18. The SMILES string of the molecule is CCN(CC)C(NCCNC(N(CC)CC)N(CC)CC)=[N+](CC)CC. The quantitative estimate of drug-likeness (QED) is 0.160. The number of rotatable bonds is 14. The molecule has 0 atom stereocenters. The molecule has 0 spiro atoms. The van der Waals surface area contributed by atoms with E-state index < -0.39 is 0 Å². The van der Waals surface area contributed by atoms with Gasteiger partial charge >= 0.3 is 5.96 Å². The molecular weight excluding hydrogens is 324 g/mol. The minimum atomic E-state index is 0.312. The fourth-order valence-electron chi connectivity index (χ4n) is 3.47. The van der Waals surface area contributed by atoms with Crippen LogP contribution in [-0.2, 0) is 0 Å². The van der Waals surface area contributed by atoms with E-state index in [2.05, 4.69) is 85.3 Å². The first-order valence-corrected chi connectivity index (χ1v) is 10.9. The lowest BCUT2D eigenvalue weighted by Crippen LogP contribution is -2.58. The summed E-state index contributed by atoms with van der Waals surface area (Å²) in [6.45, 7) is 28.1. The van der Waals surface area contributed by atoms with Crippen LogP contribution in [0.5, 0.6) is 0 Å². The van der Waals surface area contributed by atoms with Gasteiger partial charge in [-0.25, -0.2) is 0 Å². The first-order valence-electron chi connectivity index (χ1n) is 10.9. The van der Waals surface area contributed by atoms with Crippen molar-refractivity contribution in [3.8, 4) is 0 Å².